The standard InChI is InChI=1S/C46H49N3O14/c1-23-17-24(2)19-27(18-23)37-36-26(13-15-47-36)21-49(37)63-42-40(54)39(53)41(45(58)62-44(57)35(43(55)56)33(14-16-50)48-28-5-3-4-6-28)61-46(42)60-30-11-12-31-34(20-30)59-22-32(38(31)52)25-7-9-29(51)10-8-25/h7-13,15,17-20,22,28,33,35,39-42,45-46,48,50-51,53-54,58H,3-6,14,16,21H2,1-2H3,(H,55,56)/p+1/t33-,35-,39+,40+,41+,42-,45-,46-/m0/s1. The Morgan fingerprint density at radius 3 is 2.41 bits per heavy atom. The van der Waals surface area contributed by atoms with Gasteiger partial charge in [0.25, 0.3) is 0 Å². The fourth-order valence-electron chi connectivity index (χ4n) is 8.86. The molecule has 4 heterocycles. The molecule has 332 valence electrons. The highest BCUT2D eigenvalue weighted by atomic mass is 16.8. The van der Waals surface area contributed by atoms with Crippen molar-refractivity contribution in [1.29, 1.82) is 0 Å². The van der Waals surface area contributed by atoms with E-state index in [9.17, 15) is 45.0 Å². The highest BCUT2D eigenvalue weighted by molar-refractivity contribution is 5.95. The molecule has 1 aliphatic carbocycles. The van der Waals surface area contributed by atoms with Crippen LogP contribution in [0.25, 0.3) is 27.8 Å². The zero-order chi connectivity index (χ0) is 44.5. The van der Waals surface area contributed by atoms with Crippen LogP contribution in [0.2, 0.25) is 0 Å². The third kappa shape index (κ3) is 9.18. The number of quaternary nitrogens is 1. The maximum absolute atomic E-state index is 13.6. The summed E-state index contributed by atoms with van der Waals surface area (Å²) < 4.78 is 23.6. The first-order chi connectivity index (χ1) is 30.3. The van der Waals surface area contributed by atoms with Gasteiger partial charge in [-0.3, -0.25) is 14.4 Å². The molecule has 8 rings (SSSR count). The molecular weight excluding hydrogens is 819 g/mol. The van der Waals surface area contributed by atoms with Crippen LogP contribution in [0.5, 0.6) is 11.5 Å². The number of benzene rings is 3. The Morgan fingerprint density at radius 1 is 0.984 bits per heavy atom. The second-order valence-corrected chi connectivity index (χ2v) is 16.4. The van der Waals surface area contributed by atoms with E-state index in [1.54, 1.807) is 18.3 Å². The molecule has 4 aliphatic rings. The van der Waals surface area contributed by atoms with Crippen molar-refractivity contribution >= 4 is 34.8 Å². The van der Waals surface area contributed by atoms with Crippen LogP contribution in [-0.4, -0.2) is 111 Å². The third-order valence-corrected chi connectivity index (χ3v) is 11.9. The molecule has 0 amide bonds. The Morgan fingerprint density at radius 2 is 1.71 bits per heavy atom. The molecule has 1 aromatic heterocycles. The summed E-state index contributed by atoms with van der Waals surface area (Å²) >= 11 is 0. The number of ether oxygens (including phenoxy) is 3. The predicted molar refractivity (Wildman–Crippen MR) is 225 cm³/mol. The Labute approximate surface area is 361 Å². The molecule has 63 heavy (non-hydrogen) atoms. The second-order valence-electron chi connectivity index (χ2n) is 16.4. The molecule has 0 bridgehead atoms. The van der Waals surface area contributed by atoms with Gasteiger partial charge in [0.15, 0.2) is 23.1 Å². The van der Waals surface area contributed by atoms with Crippen molar-refractivity contribution in [3.8, 4) is 22.6 Å². The summed E-state index contributed by atoms with van der Waals surface area (Å²) in [4.78, 5) is 50.8. The minimum Gasteiger partial charge on any atom is -0.508 e. The summed E-state index contributed by atoms with van der Waals surface area (Å²) in [5.74, 6) is -4.68. The number of aliphatic hydroxyl groups is 4. The Hall–Kier alpha value is -5.76. The van der Waals surface area contributed by atoms with Gasteiger partial charge in [-0.25, -0.2) is 4.99 Å². The van der Waals surface area contributed by atoms with Gasteiger partial charge in [-0.2, -0.15) is 9.90 Å². The molecule has 2 fully saturated rings. The van der Waals surface area contributed by atoms with Gasteiger partial charge < -0.3 is 54.6 Å². The first kappa shape index (κ1) is 43.9. The summed E-state index contributed by atoms with van der Waals surface area (Å²) in [6, 6.07) is 15.2. The molecule has 3 aliphatic heterocycles. The number of phenols is 1. The van der Waals surface area contributed by atoms with Crippen molar-refractivity contribution in [1.82, 2.24) is 5.32 Å². The minimum absolute atomic E-state index is 0.0318. The van der Waals surface area contributed by atoms with Crippen LogP contribution in [0.3, 0.4) is 0 Å². The van der Waals surface area contributed by atoms with Gasteiger partial charge in [-0.05, 0) is 81.1 Å². The van der Waals surface area contributed by atoms with Crippen LogP contribution in [-0.2, 0) is 23.9 Å². The number of fused-ring (bicyclic) bond motifs is 2. The first-order valence-electron chi connectivity index (χ1n) is 20.9. The molecular formula is C46H50N3O14+. The number of rotatable bonds is 15. The number of aromatic hydroxyl groups is 1. The highest BCUT2D eigenvalue weighted by Crippen LogP contribution is 2.33. The fraction of sp³-hybridized carbons (Fsp3) is 0.391. The number of aliphatic hydroxyl groups excluding tert-OH is 4. The number of hydroxylamine groups is 2. The van der Waals surface area contributed by atoms with Crippen molar-refractivity contribution in [2.75, 3.05) is 13.2 Å². The molecule has 0 radical (unpaired) electrons. The van der Waals surface area contributed by atoms with E-state index in [4.69, 9.17) is 23.5 Å². The van der Waals surface area contributed by atoms with Crippen LogP contribution < -0.4 is 20.5 Å². The summed E-state index contributed by atoms with van der Waals surface area (Å²) in [5, 5.41) is 68.2. The monoisotopic (exact) mass is 868 g/mol. The number of nitrogens with one attached hydrogen (secondary N) is 2. The number of carbonyl (C=O) groups is 2. The second kappa shape index (κ2) is 18.5. The van der Waals surface area contributed by atoms with Crippen LogP contribution in [0.4, 0.5) is 0 Å². The predicted octanol–water partition coefficient (Wildman–Crippen LogP) is 2.03. The van der Waals surface area contributed by atoms with Gasteiger partial charge in [-0.1, -0.05) is 42.2 Å². The summed E-state index contributed by atoms with van der Waals surface area (Å²) in [7, 11) is 0. The van der Waals surface area contributed by atoms with Crippen LogP contribution in [0, 0.1) is 19.8 Å². The summed E-state index contributed by atoms with van der Waals surface area (Å²) in [6.07, 6.45) is -3.16. The van der Waals surface area contributed by atoms with Crippen molar-refractivity contribution in [3.63, 3.8) is 0 Å². The molecule has 17 heteroatoms. The molecule has 1 saturated heterocycles. The number of esters is 1. The van der Waals surface area contributed by atoms with E-state index < -0.39 is 67.5 Å². The Bertz CT molecular complexity index is 2490. The van der Waals surface area contributed by atoms with Gasteiger partial charge in [-0.15, -0.1) is 0 Å². The molecule has 9 atom stereocenters. The van der Waals surface area contributed by atoms with E-state index in [1.165, 1.54) is 36.6 Å². The van der Waals surface area contributed by atoms with E-state index in [0.717, 1.165) is 47.9 Å². The smallest absolute Gasteiger partial charge is 0.324 e. The van der Waals surface area contributed by atoms with Crippen molar-refractivity contribution < 1.29 is 68.8 Å². The van der Waals surface area contributed by atoms with Crippen molar-refractivity contribution in [2.45, 2.75) is 95.0 Å². The fourth-order valence-corrected chi connectivity index (χ4v) is 8.86. The molecule has 17 nitrogen and oxygen atoms in total. The lowest BCUT2D eigenvalue weighted by Crippen LogP contribution is -3.08. The minimum atomic E-state index is -2.32. The third-order valence-electron chi connectivity index (χ3n) is 11.9. The number of nitrogens with zero attached hydrogens (tertiary/aromatic N) is 1. The van der Waals surface area contributed by atoms with Gasteiger partial charge in [0, 0.05) is 42.1 Å². The lowest BCUT2D eigenvalue weighted by Gasteiger charge is -2.42. The number of aliphatic carboxylic acids is 1. The maximum atomic E-state index is 13.6. The first-order valence-corrected chi connectivity index (χ1v) is 20.9. The zero-order valence-electron chi connectivity index (χ0n) is 34.5. The zero-order valence-corrected chi connectivity index (χ0v) is 34.5. The number of allylic oxidation sites excluding steroid dienone is 1. The van der Waals surface area contributed by atoms with Gasteiger partial charge in [0.1, 0.15) is 47.8 Å². The van der Waals surface area contributed by atoms with Crippen LogP contribution in [0.1, 0.15) is 48.8 Å². The largest absolute Gasteiger partial charge is 0.508 e. The van der Waals surface area contributed by atoms with Gasteiger partial charge in [0.05, 0.1) is 10.9 Å². The average Bonchev–Trinajstić information content (AvgIpc) is 4.00. The number of hydrogen-bond acceptors (Lipinski definition) is 15. The summed E-state index contributed by atoms with van der Waals surface area (Å²) in [6.45, 7) is 3.75. The molecule has 4 aromatic rings. The number of hydrogen-bond donors (Lipinski definition) is 8. The van der Waals surface area contributed by atoms with Gasteiger partial charge >= 0.3 is 11.9 Å². The lowest BCUT2D eigenvalue weighted by molar-refractivity contribution is -1.04. The van der Waals surface area contributed by atoms with Crippen LogP contribution in [0.15, 0.2) is 98.5 Å². The number of phenolic OH excluding ortho intramolecular Hbond substituents is 1. The molecule has 1 unspecified atom stereocenters. The van der Waals surface area contributed by atoms with Crippen molar-refractivity contribution in [3.05, 3.63) is 111 Å². The quantitative estimate of drug-likeness (QED) is 0.0484. The highest BCUT2D eigenvalue weighted by Gasteiger charge is 2.54. The molecule has 0 spiro atoms. The Balaban J connectivity index is 1.10. The maximum Gasteiger partial charge on any atom is 0.324 e. The van der Waals surface area contributed by atoms with E-state index in [1.807, 2.05) is 38.1 Å². The number of carboxylic acid groups (broad SMARTS) is 1. The normalized spacial score (nSPS) is 24.9. The number of aryl methyl sites for hydroxylation is 2. The van der Waals surface area contributed by atoms with E-state index in [0.29, 0.717) is 22.0 Å². The topological polar surface area (TPSA) is 251 Å². The van der Waals surface area contributed by atoms with Gasteiger partial charge in [0.2, 0.25) is 18.7 Å². The molecule has 1 saturated carbocycles. The molecule has 3 aromatic carbocycles. The van der Waals surface area contributed by atoms with E-state index in [-0.39, 0.29) is 52.5 Å². The number of carbonyl (C=O) groups excluding carboxylic acids is 1. The van der Waals surface area contributed by atoms with E-state index in [2.05, 4.69) is 10.3 Å². The Kier molecular flexibility index (Phi) is 12.9. The molecule has 8 N–H and O–H groups in total. The number of aliphatic imine (C=N–C) groups is 1. The lowest BCUT2D eigenvalue weighted by atomic mass is 9.95. The average molecular weight is 869 g/mol. The van der Waals surface area contributed by atoms with Crippen LogP contribution >= 0.6 is 0 Å². The van der Waals surface area contributed by atoms with Crippen molar-refractivity contribution in [2.24, 2.45) is 10.9 Å². The number of carboxylic acids is 1. The SMILES string of the molecule is Cc1cc(C)cc(C2=C3N=CC=C3C[NH+]2O[C@@H]2[C@@H](Oc3ccc4c(=O)c(-c5ccc(O)cc5)coc4c3)O[C@@H]([C@@H](O)OC(=O)[C@H](C(=O)O)[C@H](CCO)NC3CCCC3)[C@H](O)[C@H]2O)c1. The van der Waals surface area contributed by atoms with E-state index >= 15 is 0 Å². The summed E-state index contributed by atoms with van der Waals surface area (Å²) in [5.41, 5.74) is 5.48.